The lowest BCUT2D eigenvalue weighted by Gasteiger charge is -2.40. The average molecular weight is 467 g/mol. The maximum absolute atomic E-state index is 2.75. The summed E-state index contributed by atoms with van der Waals surface area (Å²) in [6, 6.07) is 19.1. The van der Waals surface area contributed by atoms with Gasteiger partial charge in [-0.3, -0.25) is 4.90 Å². The lowest BCUT2D eigenvalue weighted by molar-refractivity contribution is 0.133. The van der Waals surface area contributed by atoms with Crippen molar-refractivity contribution in [2.75, 3.05) is 6.54 Å². The largest absolute Gasteiger partial charge is 0.342 e. The maximum Gasteiger partial charge on any atom is 0.0508 e. The first-order chi connectivity index (χ1) is 17.4. The Bertz CT molecular complexity index is 1170. The van der Waals surface area contributed by atoms with Crippen LogP contribution in [0.4, 0.5) is 0 Å². The molecule has 0 spiro atoms. The summed E-state index contributed by atoms with van der Waals surface area (Å²) in [5.41, 5.74) is 9.33. The van der Waals surface area contributed by atoms with Crippen LogP contribution in [0.15, 0.2) is 54.6 Å². The smallest absolute Gasteiger partial charge is 0.0508 e. The molecule has 0 radical (unpaired) electrons. The van der Waals surface area contributed by atoms with Gasteiger partial charge in [0.2, 0.25) is 0 Å². The van der Waals surface area contributed by atoms with E-state index in [1.807, 2.05) is 0 Å². The van der Waals surface area contributed by atoms with E-state index in [0.29, 0.717) is 6.04 Å². The molecule has 2 aromatic carbocycles. The number of allylic oxidation sites excluding steroid dienone is 2. The van der Waals surface area contributed by atoms with Crippen LogP contribution in [-0.2, 0) is 19.5 Å². The second-order valence-electron chi connectivity index (χ2n) is 11.2. The molecule has 3 aromatic rings. The molecule has 6 rings (SSSR count). The van der Waals surface area contributed by atoms with Gasteiger partial charge in [0.1, 0.15) is 0 Å². The van der Waals surface area contributed by atoms with Crippen LogP contribution in [0, 0.1) is 0 Å². The standard InChI is InChI=1S/C33H42N2/c1-2-4-6-11-16-27(17-12-7-5-3-1)28-20-21-31-30(24-28)29-18-13-19-32-33(29)35(31)23-22-34(32)25-26-14-9-8-10-15-26/h8-10,14-16,20-21,24,32H,1-7,11-13,17-19,22-23,25H2/t32-/m1/s1. The first-order valence-electron chi connectivity index (χ1n) is 14.5. The molecule has 3 aliphatic rings. The lowest BCUT2D eigenvalue weighted by Crippen LogP contribution is -2.39. The van der Waals surface area contributed by atoms with E-state index >= 15 is 0 Å². The second kappa shape index (κ2) is 10.7. The zero-order valence-electron chi connectivity index (χ0n) is 21.5. The minimum atomic E-state index is 0.573. The van der Waals surface area contributed by atoms with Crippen LogP contribution >= 0.6 is 0 Å². The molecule has 35 heavy (non-hydrogen) atoms. The minimum Gasteiger partial charge on any atom is -0.342 e. The van der Waals surface area contributed by atoms with Crippen LogP contribution in [0.2, 0.25) is 0 Å². The number of rotatable bonds is 3. The van der Waals surface area contributed by atoms with Crippen LogP contribution in [-0.4, -0.2) is 16.0 Å². The van der Waals surface area contributed by atoms with Crippen molar-refractivity contribution in [1.29, 1.82) is 0 Å². The highest BCUT2D eigenvalue weighted by Gasteiger charge is 2.34. The van der Waals surface area contributed by atoms with E-state index < -0.39 is 0 Å². The van der Waals surface area contributed by atoms with Gasteiger partial charge >= 0.3 is 0 Å². The molecule has 2 nitrogen and oxygen atoms in total. The van der Waals surface area contributed by atoms with E-state index in [-0.39, 0.29) is 0 Å². The van der Waals surface area contributed by atoms with Crippen molar-refractivity contribution in [1.82, 2.24) is 9.47 Å². The van der Waals surface area contributed by atoms with Crippen molar-refractivity contribution in [2.24, 2.45) is 0 Å². The summed E-state index contributed by atoms with van der Waals surface area (Å²) >= 11 is 0. The Morgan fingerprint density at radius 2 is 1.54 bits per heavy atom. The molecule has 2 heterocycles. The molecule has 1 aromatic heterocycles. The van der Waals surface area contributed by atoms with Gasteiger partial charge in [-0.05, 0) is 79.3 Å². The molecule has 0 N–H and O–H groups in total. The van der Waals surface area contributed by atoms with Crippen molar-refractivity contribution in [2.45, 2.75) is 103 Å². The van der Waals surface area contributed by atoms with Gasteiger partial charge in [0.15, 0.2) is 0 Å². The predicted molar refractivity (Wildman–Crippen MR) is 149 cm³/mol. The fraction of sp³-hybridized carbons (Fsp3) is 0.515. The molecule has 1 aliphatic heterocycles. The molecule has 0 bridgehead atoms. The third-order valence-electron chi connectivity index (χ3n) is 8.87. The van der Waals surface area contributed by atoms with Crippen molar-refractivity contribution >= 4 is 16.5 Å². The Kier molecular flexibility index (Phi) is 7.09. The number of aromatic nitrogens is 1. The van der Waals surface area contributed by atoms with E-state index in [9.17, 15) is 0 Å². The number of nitrogens with zero attached hydrogens (tertiary/aromatic N) is 2. The SMILES string of the molecule is C1=C(c2ccc3c(c2)c2c4n3CCN(Cc3ccccc3)[C@@H]4CCC2)CCCCCCCCCC1. The quantitative estimate of drug-likeness (QED) is 0.374. The number of benzene rings is 2. The average Bonchev–Trinajstić information content (AvgIpc) is 3.21. The normalized spacial score (nSPS) is 22.2. The highest BCUT2D eigenvalue weighted by Crippen LogP contribution is 2.43. The summed E-state index contributed by atoms with van der Waals surface area (Å²) in [6.45, 7) is 3.35. The van der Waals surface area contributed by atoms with Crippen LogP contribution < -0.4 is 0 Å². The van der Waals surface area contributed by atoms with E-state index in [0.717, 1.165) is 19.6 Å². The third kappa shape index (κ3) is 4.87. The van der Waals surface area contributed by atoms with Gasteiger partial charge in [-0.2, -0.15) is 0 Å². The molecular formula is C33H42N2. The van der Waals surface area contributed by atoms with Crippen LogP contribution in [0.3, 0.4) is 0 Å². The summed E-state index contributed by atoms with van der Waals surface area (Å²) in [6.07, 6.45) is 20.2. The maximum atomic E-state index is 2.75. The summed E-state index contributed by atoms with van der Waals surface area (Å²) in [7, 11) is 0. The molecule has 0 fully saturated rings. The zero-order chi connectivity index (χ0) is 23.5. The highest BCUT2D eigenvalue weighted by atomic mass is 15.2. The van der Waals surface area contributed by atoms with Gasteiger partial charge in [0.25, 0.3) is 0 Å². The van der Waals surface area contributed by atoms with E-state index in [2.05, 4.69) is 64.1 Å². The lowest BCUT2D eigenvalue weighted by atomic mass is 9.88. The minimum absolute atomic E-state index is 0.573. The van der Waals surface area contributed by atoms with Crippen LogP contribution in [0.1, 0.15) is 105 Å². The first kappa shape index (κ1) is 23.1. The zero-order valence-corrected chi connectivity index (χ0v) is 21.5. The Labute approximate surface area is 212 Å². The first-order valence-corrected chi connectivity index (χ1v) is 14.5. The van der Waals surface area contributed by atoms with E-state index in [1.165, 1.54) is 100 Å². The summed E-state index contributed by atoms with van der Waals surface area (Å²) in [5.74, 6) is 0. The fourth-order valence-electron chi connectivity index (χ4n) is 7.05. The molecule has 0 saturated carbocycles. The van der Waals surface area contributed by atoms with Crippen molar-refractivity contribution < 1.29 is 0 Å². The predicted octanol–water partition coefficient (Wildman–Crippen LogP) is 8.83. The topological polar surface area (TPSA) is 8.17 Å². The molecule has 0 saturated heterocycles. The molecular weight excluding hydrogens is 424 g/mol. The van der Waals surface area contributed by atoms with Gasteiger partial charge in [0, 0.05) is 36.2 Å². The molecule has 0 unspecified atom stereocenters. The molecule has 1 atom stereocenters. The van der Waals surface area contributed by atoms with Gasteiger partial charge in [0.05, 0.1) is 6.04 Å². The number of hydrogen-bond donors (Lipinski definition) is 0. The summed E-state index contributed by atoms with van der Waals surface area (Å²) in [4.78, 5) is 2.75. The van der Waals surface area contributed by atoms with Crippen LogP contribution in [0.25, 0.3) is 16.5 Å². The van der Waals surface area contributed by atoms with Gasteiger partial charge < -0.3 is 4.57 Å². The Morgan fingerprint density at radius 1 is 0.743 bits per heavy atom. The van der Waals surface area contributed by atoms with E-state index in [1.54, 1.807) is 22.2 Å². The number of hydrogen-bond acceptors (Lipinski definition) is 1. The van der Waals surface area contributed by atoms with E-state index in [4.69, 9.17) is 0 Å². The van der Waals surface area contributed by atoms with Crippen molar-refractivity contribution in [3.8, 4) is 0 Å². The Hall–Kier alpha value is -2.32. The van der Waals surface area contributed by atoms with Gasteiger partial charge in [-0.1, -0.05) is 81.0 Å². The third-order valence-corrected chi connectivity index (χ3v) is 8.87. The summed E-state index contributed by atoms with van der Waals surface area (Å²) in [5, 5.41) is 1.55. The fourth-order valence-corrected chi connectivity index (χ4v) is 7.05. The second-order valence-corrected chi connectivity index (χ2v) is 11.2. The Balaban J connectivity index is 1.32. The van der Waals surface area contributed by atoms with Crippen molar-refractivity contribution in [3.63, 3.8) is 0 Å². The Morgan fingerprint density at radius 3 is 2.40 bits per heavy atom. The van der Waals surface area contributed by atoms with Crippen LogP contribution in [0.5, 0.6) is 0 Å². The van der Waals surface area contributed by atoms with Gasteiger partial charge in [-0.25, -0.2) is 0 Å². The molecule has 2 aliphatic carbocycles. The highest BCUT2D eigenvalue weighted by molar-refractivity contribution is 5.89. The van der Waals surface area contributed by atoms with Crippen molar-refractivity contribution in [3.05, 3.63) is 77.0 Å². The molecule has 184 valence electrons. The molecule has 0 amide bonds. The monoisotopic (exact) mass is 466 g/mol. The number of fused-ring (bicyclic) bond motifs is 3. The van der Waals surface area contributed by atoms with Gasteiger partial charge in [-0.15, -0.1) is 0 Å². The molecule has 2 heteroatoms. The number of aryl methyl sites for hydroxylation is 1. The summed E-state index contributed by atoms with van der Waals surface area (Å²) < 4.78 is 2.69.